The minimum atomic E-state index is -0.212. The molecule has 2 fully saturated rings. The third-order valence-corrected chi connectivity index (χ3v) is 9.04. The number of anilines is 1. The Morgan fingerprint density at radius 3 is 2.52 bits per heavy atom. The van der Waals surface area contributed by atoms with Crippen LogP contribution in [0.2, 0.25) is 0 Å². The van der Waals surface area contributed by atoms with Crippen molar-refractivity contribution in [2.75, 3.05) is 44.2 Å². The highest BCUT2D eigenvalue weighted by molar-refractivity contribution is 7.13. The minimum absolute atomic E-state index is 0.0492. The molecule has 3 aromatic carbocycles. The number of benzene rings is 3. The Morgan fingerprint density at radius 1 is 0.925 bits per heavy atom. The van der Waals surface area contributed by atoms with Crippen LogP contribution in [0, 0.1) is 17.7 Å². The molecule has 40 heavy (non-hydrogen) atoms. The van der Waals surface area contributed by atoms with E-state index in [0.717, 1.165) is 60.8 Å². The molecule has 1 N–H and O–H groups in total. The number of hydrogen-bond donors (Lipinski definition) is 1. The predicted octanol–water partition coefficient (Wildman–Crippen LogP) is 6.59. The number of aromatic nitrogens is 1. The highest BCUT2D eigenvalue weighted by Gasteiger charge is 2.29. The van der Waals surface area contributed by atoms with Crippen molar-refractivity contribution in [1.29, 1.82) is 0 Å². The minimum Gasteiger partial charge on any atom is -0.457 e. The third-order valence-electron chi connectivity index (χ3n) is 8.25. The maximum atomic E-state index is 13.6. The van der Waals surface area contributed by atoms with Gasteiger partial charge in [-0.3, -0.25) is 9.69 Å². The van der Waals surface area contributed by atoms with Crippen LogP contribution in [0.4, 0.5) is 10.2 Å². The Morgan fingerprint density at radius 2 is 1.70 bits per heavy atom. The van der Waals surface area contributed by atoms with Gasteiger partial charge in [0.2, 0.25) is 0 Å². The van der Waals surface area contributed by atoms with Crippen molar-refractivity contribution in [3.05, 3.63) is 84.2 Å². The molecule has 1 aliphatic heterocycles. The molecule has 8 heteroatoms. The number of nitrogens with zero attached hydrogens (tertiary/aromatic N) is 3. The van der Waals surface area contributed by atoms with Crippen LogP contribution in [0.25, 0.3) is 10.1 Å². The van der Waals surface area contributed by atoms with E-state index in [0.29, 0.717) is 29.7 Å². The SMILES string of the molecule is O=C(NC[C@@H]1CCCC[C@H]1CN1CCN(c2nsc3cc(F)ccc23)CC1)c1cccc(Oc2ccccc2)c1. The molecule has 2 atom stereocenters. The van der Waals surface area contributed by atoms with Crippen LogP contribution in [0.3, 0.4) is 0 Å². The number of halogens is 1. The fraction of sp³-hybridized carbons (Fsp3) is 0.375. The third kappa shape index (κ3) is 6.29. The number of amides is 1. The van der Waals surface area contributed by atoms with E-state index in [1.165, 1.54) is 36.9 Å². The lowest BCUT2D eigenvalue weighted by molar-refractivity contribution is 0.0920. The molecule has 4 aromatic rings. The highest BCUT2D eigenvalue weighted by atomic mass is 32.1. The maximum Gasteiger partial charge on any atom is 0.251 e. The summed E-state index contributed by atoms with van der Waals surface area (Å²) in [6.45, 7) is 5.60. The molecule has 1 saturated heterocycles. The number of nitrogens with one attached hydrogen (secondary N) is 1. The van der Waals surface area contributed by atoms with E-state index in [4.69, 9.17) is 4.74 Å². The van der Waals surface area contributed by atoms with Gasteiger partial charge in [0.25, 0.3) is 5.91 Å². The smallest absolute Gasteiger partial charge is 0.251 e. The van der Waals surface area contributed by atoms with Crippen LogP contribution >= 0.6 is 11.5 Å². The van der Waals surface area contributed by atoms with Gasteiger partial charge < -0.3 is 15.0 Å². The van der Waals surface area contributed by atoms with Gasteiger partial charge in [0, 0.05) is 50.2 Å². The zero-order valence-corrected chi connectivity index (χ0v) is 23.4. The second-order valence-corrected chi connectivity index (χ2v) is 11.7. The fourth-order valence-corrected chi connectivity index (χ4v) is 6.87. The molecule has 2 aliphatic rings. The molecule has 0 radical (unpaired) electrons. The summed E-state index contributed by atoms with van der Waals surface area (Å²) in [4.78, 5) is 17.9. The average Bonchev–Trinajstić information content (AvgIpc) is 3.40. The summed E-state index contributed by atoms with van der Waals surface area (Å²) >= 11 is 1.37. The van der Waals surface area contributed by atoms with E-state index in [2.05, 4.69) is 19.5 Å². The number of para-hydroxylation sites is 1. The molecule has 1 amide bonds. The van der Waals surface area contributed by atoms with Gasteiger partial charge in [0.1, 0.15) is 23.1 Å². The maximum absolute atomic E-state index is 13.6. The predicted molar refractivity (Wildman–Crippen MR) is 159 cm³/mol. The highest BCUT2D eigenvalue weighted by Crippen LogP contribution is 2.33. The van der Waals surface area contributed by atoms with Crippen molar-refractivity contribution in [2.45, 2.75) is 25.7 Å². The number of hydrogen-bond acceptors (Lipinski definition) is 6. The van der Waals surface area contributed by atoms with E-state index in [9.17, 15) is 9.18 Å². The number of fused-ring (bicyclic) bond motifs is 1. The van der Waals surface area contributed by atoms with Gasteiger partial charge in [-0.15, -0.1) is 0 Å². The van der Waals surface area contributed by atoms with Crippen LogP contribution in [-0.4, -0.2) is 54.4 Å². The summed E-state index contributed by atoms with van der Waals surface area (Å²) in [7, 11) is 0. The van der Waals surface area contributed by atoms with Gasteiger partial charge in [-0.05, 0) is 84.7 Å². The van der Waals surface area contributed by atoms with Crippen LogP contribution in [0.5, 0.6) is 11.5 Å². The molecule has 6 nitrogen and oxygen atoms in total. The first-order chi connectivity index (χ1) is 19.6. The molecule has 1 saturated carbocycles. The molecule has 0 unspecified atom stereocenters. The number of carbonyl (C=O) groups excluding carboxylic acids is 1. The number of rotatable bonds is 8. The Hall–Kier alpha value is -3.49. The first-order valence-electron chi connectivity index (χ1n) is 14.3. The van der Waals surface area contributed by atoms with E-state index < -0.39 is 0 Å². The van der Waals surface area contributed by atoms with Crippen molar-refractivity contribution < 1.29 is 13.9 Å². The topological polar surface area (TPSA) is 57.7 Å². The number of piperazine rings is 1. The van der Waals surface area contributed by atoms with Gasteiger partial charge in [0.15, 0.2) is 0 Å². The Labute approximate surface area is 238 Å². The summed E-state index contributed by atoms with van der Waals surface area (Å²) in [6.07, 6.45) is 4.85. The van der Waals surface area contributed by atoms with Crippen LogP contribution in [0.15, 0.2) is 72.8 Å². The second-order valence-electron chi connectivity index (χ2n) is 10.9. The molecule has 1 aromatic heterocycles. The van der Waals surface area contributed by atoms with Crippen molar-refractivity contribution in [1.82, 2.24) is 14.6 Å². The average molecular weight is 559 g/mol. The molecule has 0 bridgehead atoms. The van der Waals surface area contributed by atoms with Gasteiger partial charge in [0.05, 0.1) is 4.70 Å². The number of carbonyl (C=O) groups is 1. The molecule has 0 spiro atoms. The quantitative estimate of drug-likeness (QED) is 0.265. The van der Waals surface area contributed by atoms with E-state index in [1.54, 1.807) is 6.07 Å². The lowest BCUT2D eigenvalue weighted by atomic mass is 9.78. The van der Waals surface area contributed by atoms with Gasteiger partial charge in [-0.25, -0.2) is 4.39 Å². The van der Waals surface area contributed by atoms with E-state index in [1.807, 2.05) is 60.7 Å². The zero-order valence-electron chi connectivity index (χ0n) is 22.6. The van der Waals surface area contributed by atoms with E-state index >= 15 is 0 Å². The summed E-state index contributed by atoms with van der Waals surface area (Å²) in [5.41, 5.74) is 0.620. The van der Waals surface area contributed by atoms with Crippen LogP contribution in [0.1, 0.15) is 36.0 Å². The lowest BCUT2D eigenvalue weighted by Crippen LogP contribution is -2.49. The summed E-state index contributed by atoms with van der Waals surface area (Å²) in [5.74, 6) is 3.19. The largest absolute Gasteiger partial charge is 0.457 e. The Kier molecular flexibility index (Phi) is 8.25. The second kappa shape index (κ2) is 12.4. The molecular weight excluding hydrogens is 523 g/mol. The number of ether oxygens (including phenoxy) is 1. The van der Waals surface area contributed by atoms with Gasteiger partial charge >= 0.3 is 0 Å². The zero-order chi connectivity index (χ0) is 27.3. The molecule has 208 valence electrons. The van der Waals surface area contributed by atoms with Crippen molar-refractivity contribution >= 4 is 33.3 Å². The standard InChI is InChI=1S/C32H35FN4O2S/c33-26-13-14-29-30(20-26)40-35-31(29)37-17-15-36(16-18-37)22-25-8-5-4-7-24(25)21-34-32(38)23-9-6-12-28(19-23)39-27-10-2-1-3-11-27/h1-3,6,9-14,19-20,24-25H,4-5,7-8,15-18,21-22H2,(H,34,38)/t24-,25-/m0/s1. The Balaban J connectivity index is 1.01. The lowest BCUT2D eigenvalue weighted by Gasteiger charge is -2.40. The van der Waals surface area contributed by atoms with Crippen molar-refractivity contribution in [3.8, 4) is 11.5 Å². The first kappa shape index (κ1) is 26.7. The molecule has 2 heterocycles. The fourth-order valence-electron chi connectivity index (χ4n) is 6.04. The Bertz CT molecular complexity index is 1440. The molecular formula is C32H35FN4O2S. The molecule has 1 aliphatic carbocycles. The van der Waals surface area contributed by atoms with Gasteiger partial charge in [-0.2, -0.15) is 4.37 Å². The summed E-state index contributed by atoms with van der Waals surface area (Å²) < 4.78 is 25.1. The van der Waals surface area contributed by atoms with Crippen molar-refractivity contribution in [2.24, 2.45) is 11.8 Å². The molecule has 6 rings (SSSR count). The van der Waals surface area contributed by atoms with E-state index in [-0.39, 0.29) is 11.7 Å². The monoisotopic (exact) mass is 558 g/mol. The summed E-state index contributed by atoms with van der Waals surface area (Å²) in [5, 5.41) is 4.26. The first-order valence-corrected chi connectivity index (χ1v) is 15.0. The van der Waals surface area contributed by atoms with Gasteiger partial charge in [-0.1, -0.05) is 37.1 Å². The van der Waals surface area contributed by atoms with Crippen molar-refractivity contribution in [3.63, 3.8) is 0 Å². The van der Waals surface area contributed by atoms with Crippen LogP contribution < -0.4 is 15.0 Å². The normalized spacial score (nSPS) is 20.0. The summed E-state index contributed by atoms with van der Waals surface area (Å²) in [6, 6.07) is 21.9. The van der Waals surface area contributed by atoms with Crippen LogP contribution in [-0.2, 0) is 0 Å².